The van der Waals surface area contributed by atoms with Crippen molar-refractivity contribution in [3.05, 3.63) is 54.1 Å². The zero-order chi connectivity index (χ0) is 25.4. The minimum Gasteiger partial charge on any atom is -0.370 e. The molecule has 0 aromatic heterocycles. The van der Waals surface area contributed by atoms with E-state index in [1.807, 2.05) is 0 Å². The van der Waals surface area contributed by atoms with E-state index in [1.165, 1.54) is 17.3 Å². The predicted molar refractivity (Wildman–Crippen MR) is 141 cm³/mol. The molecule has 0 atom stereocenters. The number of nitrogens with zero attached hydrogens (tertiary/aromatic N) is 2. The summed E-state index contributed by atoms with van der Waals surface area (Å²) in [6.45, 7) is 7.52. The van der Waals surface area contributed by atoms with Gasteiger partial charge in [0.15, 0.2) is 0 Å². The van der Waals surface area contributed by atoms with Gasteiger partial charge in [-0.05, 0) is 61.2 Å². The van der Waals surface area contributed by atoms with Gasteiger partial charge in [-0.1, -0.05) is 26.0 Å². The van der Waals surface area contributed by atoms with Crippen LogP contribution < -0.4 is 15.5 Å². The minimum atomic E-state index is -3.66. The number of benzene rings is 2. The molecule has 0 aliphatic carbocycles. The van der Waals surface area contributed by atoms with Crippen molar-refractivity contribution in [1.82, 2.24) is 4.31 Å². The number of carbonyl (C=O) groups excluding carboxylic acids is 2. The lowest BCUT2D eigenvalue weighted by Gasteiger charge is -2.31. The monoisotopic (exact) mass is 498 g/mol. The van der Waals surface area contributed by atoms with E-state index >= 15 is 0 Å². The lowest BCUT2D eigenvalue weighted by molar-refractivity contribution is -0.114. The van der Waals surface area contributed by atoms with Gasteiger partial charge in [-0.25, -0.2) is 8.42 Å². The average molecular weight is 499 g/mol. The van der Waals surface area contributed by atoms with Crippen LogP contribution in [-0.4, -0.2) is 50.7 Å². The molecule has 0 saturated carbocycles. The number of piperidine rings is 1. The molecular weight excluding hydrogens is 464 g/mol. The number of anilines is 3. The lowest BCUT2D eigenvalue weighted by Crippen LogP contribution is -2.32. The van der Waals surface area contributed by atoms with E-state index in [9.17, 15) is 18.0 Å². The van der Waals surface area contributed by atoms with E-state index < -0.39 is 10.0 Å². The molecule has 0 bridgehead atoms. The van der Waals surface area contributed by atoms with Gasteiger partial charge >= 0.3 is 0 Å². The second-order valence-corrected chi connectivity index (χ2v) is 10.4. The molecule has 1 aliphatic rings. The summed E-state index contributed by atoms with van der Waals surface area (Å²) in [7, 11) is -3.66. The van der Waals surface area contributed by atoms with Crippen LogP contribution in [0.25, 0.3) is 6.08 Å². The Morgan fingerprint density at radius 2 is 1.63 bits per heavy atom. The Labute approximate surface area is 208 Å². The molecule has 1 heterocycles. The molecule has 188 valence electrons. The highest BCUT2D eigenvalue weighted by Crippen LogP contribution is 2.32. The number of nitrogens with one attached hydrogen (secondary N) is 2. The largest absolute Gasteiger partial charge is 0.370 e. The molecule has 0 spiro atoms. The van der Waals surface area contributed by atoms with E-state index in [1.54, 1.807) is 62.4 Å². The molecule has 0 radical (unpaired) electrons. The molecule has 2 amide bonds. The Morgan fingerprint density at radius 3 is 2.23 bits per heavy atom. The molecule has 1 fully saturated rings. The van der Waals surface area contributed by atoms with Crippen LogP contribution in [0.3, 0.4) is 0 Å². The summed E-state index contributed by atoms with van der Waals surface area (Å²) >= 11 is 0. The Bertz CT molecular complexity index is 1170. The van der Waals surface area contributed by atoms with Crippen LogP contribution in [0.4, 0.5) is 17.1 Å². The van der Waals surface area contributed by atoms with Crippen molar-refractivity contribution < 1.29 is 18.0 Å². The fraction of sp³-hybridized carbons (Fsp3) is 0.385. The van der Waals surface area contributed by atoms with Crippen molar-refractivity contribution in [3.63, 3.8) is 0 Å². The van der Waals surface area contributed by atoms with Gasteiger partial charge < -0.3 is 15.5 Å². The first-order valence-electron chi connectivity index (χ1n) is 12.0. The summed E-state index contributed by atoms with van der Waals surface area (Å²) in [6, 6.07) is 12.1. The van der Waals surface area contributed by atoms with Gasteiger partial charge in [-0.2, -0.15) is 4.31 Å². The molecule has 2 aromatic rings. The summed E-state index contributed by atoms with van der Waals surface area (Å²) in [4.78, 5) is 26.3. The van der Waals surface area contributed by atoms with Gasteiger partial charge in [0.1, 0.15) is 0 Å². The van der Waals surface area contributed by atoms with Crippen LogP contribution in [0.5, 0.6) is 0 Å². The fourth-order valence-corrected chi connectivity index (χ4v) is 5.61. The third-order valence-electron chi connectivity index (χ3n) is 5.92. The normalized spacial score (nSPS) is 14.3. The van der Waals surface area contributed by atoms with E-state index in [4.69, 9.17) is 0 Å². The van der Waals surface area contributed by atoms with Crippen LogP contribution in [0.2, 0.25) is 0 Å². The highest BCUT2D eigenvalue weighted by atomic mass is 32.2. The molecule has 3 rings (SSSR count). The van der Waals surface area contributed by atoms with Gasteiger partial charge in [-0.3, -0.25) is 9.59 Å². The highest BCUT2D eigenvalue weighted by molar-refractivity contribution is 7.89. The number of hydrogen-bond acceptors (Lipinski definition) is 5. The van der Waals surface area contributed by atoms with Gasteiger partial charge in [0.05, 0.1) is 16.3 Å². The number of hydrogen-bond donors (Lipinski definition) is 2. The van der Waals surface area contributed by atoms with Crippen molar-refractivity contribution in [3.8, 4) is 0 Å². The number of sulfonamides is 1. The van der Waals surface area contributed by atoms with Crippen molar-refractivity contribution in [2.45, 2.75) is 44.9 Å². The molecular formula is C26H34N4O4S. The smallest absolute Gasteiger partial charge is 0.248 e. The molecule has 0 unspecified atom stereocenters. The molecule has 35 heavy (non-hydrogen) atoms. The van der Waals surface area contributed by atoms with E-state index in [0.717, 1.165) is 43.6 Å². The maximum Gasteiger partial charge on any atom is 0.248 e. The summed E-state index contributed by atoms with van der Waals surface area (Å²) in [5.74, 6) is -0.506. The van der Waals surface area contributed by atoms with Crippen LogP contribution in [0.1, 0.15) is 45.6 Å². The zero-order valence-electron chi connectivity index (χ0n) is 20.6. The third-order valence-corrected chi connectivity index (χ3v) is 7.97. The Balaban J connectivity index is 1.85. The van der Waals surface area contributed by atoms with Crippen molar-refractivity contribution >= 4 is 45.0 Å². The van der Waals surface area contributed by atoms with Gasteiger partial charge in [-0.15, -0.1) is 0 Å². The fourth-order valence-electron chi connectivity index (χ4n) is 4.13. The van der Waals surface area contributed by atoms with Crippen LogP contribution in [0.15, 0.2) is 53.4 Å². The van der Waals surface area contributed by atoms with Crippen LogP contribution >= 0.6 is 0 Å². The maximum atomic E-state index is 13.1. The molecule has 1 aliphatic heterocycles. The molecule has 8 nitrogen and oxygen atoms in total. The van der Waals surface area contributed by atoms with E-state index in [0.29, 0.717) is 24.5 Å². The summed E-state index contributed by atoms with van der Waals surface area (Å²) in [5, 5.41) is 5.60. The second kappa shape index (κ2) is 12.0. The van der Waals surface area contributed by atoms with Crippen LogP contribution in [0, 0.1) is 0 Å². The SMILES string of the molecule is CCN(CC)S(=O)(=O)c1ccc(N2CCCCC2)c(NC(=O)/C=C/c2ccc(NC(C)=O)cc2)c1. The second-order valence-electron chi connectivity index (χ2n) is 8.44. The number of amides is 2. The quantitative estimate of drug-likeness (QED) is 0.502. The molecule has 2 aromatic carbocycles. The zero-order valence-corrected chi connectivity index (χ0v) is 21.4. The van der Waals surface area contributed by atoms with Gasteiger partial charge in [0.2, 0.25) is 21.8 Å². The summed E-state index contributed by atoms with van der Waals surface area (Å²) < 4.78 is 27.6. The number of rotatable bonds is 9. The molecule has 1 saturated heterocycles. The summed E-state index contributed by atoms with van der Waals surface area (Å²) in [5.41, 5.74) is 2.78. The minimum absolute atomic E-state index is 0.151. The first kappa shape index (κ1) is 26.4. The standard InChI is InChI=1S/C26H34N4O4S/c1-4-30(5-2)35(33,34)23-14-15-25(29-17-7-6-8-18-29)24(19-23)28-26(32)16-11-21-9-12-22(13-10-21)27-20(3)31/h9-16,19H,4-8,17-18H2,1-3H3,(H,27,31)(H,28,32)/b16-11+. The first-order chi connectivity index (χ1) is 16.7. The maximum absolute atomic E-state index is 13.1. The number of carbonyl (C=O) groups is 2. The van der Waals surface area contributed by atoms with Crippen molar-refractivity contribution in [1.29, 1.82) is 0 Å². The van der Waals surface area contributed by atoms with Crippen molar-refractivity contribution in [2.75, 3.05) is 41.7 Å². The Kier molecular flexibility index (Phi) is 9.06. The van der Waals surface area contributed by atoms with Gasteiger partial charge in [0.25, 0.3) is 0 Å². The predicted octanol–water partition coefficient (Wildman–Crippen LogP) is 4.32. The lowest BCUT2D eigenvalue weighted by atomic mass is 10.1. The summed E-state index contributed by atoms with van der Waals surface area (Å²) in [6.07, 6.45) is 6.36. The molecule has 9 heteroatoms. The Hall–Kier alpha value is -3.17. The van der Waals surface area contributed by atoms with E-state index in [-0.39, 0.29) is 16.7 Å². The first-order valence-corrected chi connectivity index (χ1v) is 13.4. The van der Waals surface area contributed by atoms with Crippen LogP contribution in [-0.2, 0) is 19.6 Å². The third kappa shape index (κ3) is 6.93. The molecule has 2 N–H and O–H groups in total. The highest BCUT2D eigenvalue weighted by Gasteiger charge is 2.24. The van der Waals surface area contributed by atoms with Crippen molar-refractivity contribution in [2.24, 2.45) is 0 Å². The van der Waals surface area contributed by atoms with E-state index in [2.05, 4.69) is 15.5 Å². The topological polar surface area (TPSA) is 98.8 Å². The average Bonchev–Trinajstić information content (AvgIpc) is 2.84. The Morgan fingerprint density at radius 1 is 0.971 bits per heavy atom. The van der Waals surface area contributed by atoms with Gasteiger partial charge in [0, 0.05) is 44.9 Å².